The van der Waals surface area contributed by atoms with Gasteiger partial charge in [0, 0.05) is 10.6 Å². The van der Waals surface area contributed by atoms with Crippen molar-refractivity contribution < 1.29 is 9.32 Å². The van der Waals surface area contributed by atoms with Crippen molar-refractivity contribution in [2.75, 3.05) is 0 Å². The summed E-state index contributed by atoms with van der Waals surface area (Å²) in [4.78, 5) is 15.7. The third kappa shape index (κ3) is 3.49. The lowest BCUT2D eigenvalue weighted by Crippen LogP contribution is -2.32. The van der Waals surface area contributed by atoms with Crippen LogP contribution in [0.25, 0.3) is 11.4 Å². The Kier molecular flexibility index (Phi) is 4.62. The average Bonchev–Trinajstić information content (AvgIpc) is 2.88. The van der Waals surface area contributed by atoms with Crippen LogP contribution in [0.15, 0.2) is 28.8 Å². The Morgan fingerprint density at radius 2 is 2.15 bits per heavy atom. The van der Waals surface area contributed by atoms with E-state index in [1.807, 2.05) is 6.07 Å². The molecule has 7 heteroatoms. The van der Waals surface area contributed by atoms with Crippen molar-refractivity contribution in [1.29, 1.82) is 0 Å². The molecule has 2 unspecified atom stereocenters. The van der Waals surface area contributed by atoms with E-state index in [0.29, 0.717) is 16.7 Å². The van der Waals surface area contributed by atoms with Crippen molar-refractivity contribution in [1.82, 2.24) is 15.5 Å². The van der Waals surface area contributed by atoms with E-state index in [4.69, 9.17) is 27.7 Å². The molecule has 1 aromatic heterocycles. The Hall–Kier alpha value is -1.59. The van der Waals surface area contributed by atoms with Crippen LogP contribution in [-0.2, 0) is 4.79 Å². The number of hydrogen-bond acceptors (Lipinski definition) is 4. The molecule has 0 saturated carbocycles. The van der Waals surface area contributed by atoms with Gasteiger partial charge in [-0.2, -0.15) is 4.98 Å². The van der Waals surface area contributed by atoms with Crippen molar-refractivity contribution in [3.05, 3.63) is 35.2 Å². The molecule has 0 aliphatic carbocycles. The number of carbonyl (C=O) groups excluding carboxylic acids is 1. The molecule has 106 valence electrons. The Labute approximate surface area is 126 Å². The lowest BCUT2D eigenvalue weighted by Gasteiger charge is -2.10. The molecular weight excluding hydrogens is 301 g/mol. The highest BCUT2D eigenvalue weighted by molar-refractivity contribution is 6.31. The molecular formula is C13H13Cl2N3O2. The number of rotatable bonds is 4. The van der Waals surface area contributed by atoms with Gasteiger partial charge in [-0.25, -0.2) is 0 Å². The number of nitrogens with zero attached hydrogens (tertiary/aromatic N) is 2. The molecule has 0 spiro atoms. The highest BCUT2D eigenvalue weighted by Gasteiger charge is 2.19. The van der Waals surface area contributed by atoms with E-state index in [1.165, 1.54) is 0 Å². The Morgan fingerprint density at radius 3 is 2.80 bits per heavy atom. The smallest absolute Gasteiger partial charge is 0.249 e. The molecule has 0 saturated heterocycles. The molecule has 1 amide bonds. The van der Waals surface area contributed by atoms with E-state index in [-0.39, 0.29) is 5.91 Å². The van der Waals surface area contributed by atoms with Gasteiger partial charge in [-0.05, 0) is 26.0 Å². The van der Waals surface area contributed by atoms with E-state index < -0.39 is 11.4 Å². The first kappa shape index (κ1) is 14.8. The number of nitrogens with one attached hydrogen (secondary N) is 1. The van der Waals surface area contributed by atoms with Gasteiger partial charge in [-0.3, -0.25) is 4.79 Å². The number of benzene rings is 1. The van der Waals surface area contributed by atoms with E-state index in [9.17, 15) is 4.79 Å². The van der Waals surface area contributed by atoms with Crippen LogP contribution in [0.2, 0.25) is 5.02 Å². The van der Waals surface area contributed by atoms with Gasteiger partial charge in [-0.1, -0.05) is 28.9 Å². The van der Waals surface area contributed by atoms with E-state index in [2.05, 4.69) is 15.5 Å². The van der Waals surface area contributed by atoms with Gasteiger partial charge in [0.15, 0.2) is 0 Å². The zero-order chi connectivity index (χ0) is 14.7. The minimum atomic E-state index is -0.618. The van der Waals surface area contributed by atoms with Crippen molar-refractivity contribution in [3.8, 4) is 11.4 Å². The summed E-state index contributed by atoms with van der Waals surface area (Å²) in [5.41, 5.74) is 0.747. The Bertz CT molecular complexity index is 613. The van der Waals surface area contributed by atoms with Gasteiger partial charge in [0.05, 0.1) is 0 Å². The van der Waals surface area contributed by atoms with Gasteiger partial charge in [-0.15, -0.1) is 11.6 Å². The second kappa shape index (κ2) is 6.24. The minimum Gasteiger partial charge on any atom is -0.343 e. The summed E-state index contributed by atoms with van der Waals surface area (Å²) in [6.07, 6.45) is 0. The minimum absolute atomic E-state index is 0.290. The first-order chi connectivity index (χ1) is 9.47. The fourth-order valence-corrected chi connectivity index (χ4v) is 1.80. The molecule has 0 radical (unpaired) electrons. The number of halogens is 2. The summed E-state index contributed by atoms with van der Waals surface area (Å²) in [6.45, 7) is 3.33. The van der Waals surface area contributed by atoms with Crippen molar-refractivity contribution in [2.24, 2.45) is 0 Å². The van der Waals surface area contributed by atoms with Crippen LogP contribution in [0.3, 0.4) is 0 Å². The molecule has 0 fully saturated rings. The van der Waals surface area contributed by atoms with E-state index in [1.54, 1.807) is 32.0 Å². The number of hydrogen-bond donors (Lipinski definition) is 1. The maximum absolute atomic E-state index is 11.5. The topological polar surface area (TPSA) is 68.0 Å². The fourth-order valence-electron chi connectivity index (χ4n) is 1.55. The predicted molar refractivity (Wildman–Crippen MR) is 76.6 cm³/mol. The van der Waals surface area contributed by atoms with Crippen LogP contribution in [0.4, 0.5) is 0 Å². The SMILES string of the molecule is CC(Cl)C(=O)NC(C)c1nc(-c2cccc(Cl)c2)no1. The first-order valence-corrected chi connectivity index (χ1v) is 6.83. The highest BCUT2D eigenvalue weighted by atomic mass is 35.5. The molecule has 5 nitrogen and oxygen atoms in total. The molecule has 1 aromatic carbocycles. The summed E-state index contributed by atoms with van der Waals surface area (Å²) < 4.78 is 5.14. The normalized spacial score (nSPS) is 13.8. The number of aromatic nitrogens is 2. The molecule has 2 rings (SSSR count). The lowest BCUT2D eigenvalue weighted by atomic mass is 10.2. The molecule has 1 heterocycles. The number of amides is 1. The van der Waals surface area contributed by atoms with Crippen LogP contribution < -0.4 is 5.32 Å². The maximum Gasteiger partial charge on any atom is 0.249 e. The number of carbonyl (C=O) groups is 1. The maximum atomic E-state index is 11.5. The largest absolute Gasteiger partial charge is 0.343 e. The van der Waals surface area contributed by atoms with E-state index >= 15 is 0 Å². The highest BCUT2D eigenvalue weighted by Crippen LogP contribution is 2.21. The standard InChI is InChI=1S/C13H13Cl2N3O2/c1-7(14)12(19)16-8(2)13-17-11(18-20-13)9-4-3-5-10(15)6-9/h3-8H,1-2H3,(H,16,19). The molecule has 1 N–H and O–H groups in total. The zero-order valence-electron chi connectivity index (χ0n) is 10.9. The molecule has 2 aromatic rings. The Balaban J connectivity index is 2.14. The van der Waals surface area contributed by atoms with Crippen LogP contribution in [0.1, 0.15) is 25.8 Å². The second-order valence-electron chi connectivity index (χ2n) is 4.31. The van der Waals surface area contributed by atoms with Gasteiger partial charge >= 0.3 is 0 Å². The summed E-state index contributed by atoms with van der Waals surface area (Å²) >= 11 is 11.6. The number of alkyl halides is 1. The molecule has 2 atom stereocenters. The van der Waals surface area contributed by atoms with Crippen molar-refractivity contribution >= 4 is 29.1 Å². The third-order valence-corrected chi connectivity index (χ3v) is 3.05. The van der Waals surface area contributed by atoms with Crippen LogP contribution in [0, 0.1) is 0 Å². The summed E-state index contributed by atoms with van der Waals surface area (Å²) in [5.74, 6) is 0.440. The van der Waals surface area contributed by atoms with Gasteiger partial charge in [0.2, 0.25) is 17.6 Å². The van der Waals surface area contributed by atoms with Crippen LogP contribution in [-0.4, -0.2) is 21.4 Å². The predicted octanol–water partition coefficient (Wildman–Crippen LogP) is 3.19. The average molecular weight is 314 g/mol. The van der Waals surface area contributed by atoms with Gasteiger partial charge in [0.1, 0.15) is 11.4 Å². The molecule has 20 heavy (non-hydrogen) atoms. The van der Waals surface area contributed by atoms with E-state index in [0.717, 1.165) is 5.56 Å². The van der Waals surface area contributed by atoms with Gasteiger partial charge in [0.25, 0.3) is 0 Å². The molecule has 0 aliphatic heterocycles. The van der Waals surface area contributed by atoms with Crippen LogP contribution in [0.5, 0.6) is 0 Å². The lowest BCUT2D eigenvalue weighted by molar-refractivity contribution is -0.121. The third-order valence-electron chi connectivity index (χ3n) is 2.62. The summed E-state index contributed by atoms with van der Waals surface area (Å²) in [7, 11) is 0. The second-order valence-corrected chi connectivity index (χ2v) is 5.40. The van der Waals surface area contributed by atoms with Crippen LogP contribution >= 0.6 is 23.2 Å². The van der Waals surface area contributed by atoms with Crippen molar-refractivity contribution in [3.63, 3.8) is 0 Å². The zero-order valence-corrected chi connectivity index (χ0v) is 12.4. The summed E-state index contributed by atoms with van der Waals surface area (Å²) in [6, 6.07) is 6.71. The first-order valence-electron chi connectivity index (χ1n) is 6.01. The fraction of sp³-hybridized carbons (Fsp3) is 0.308. The van der Waals surface area contributed by atoms with Crippen molar-refractivity contribution in [2.45, 2.75) is 25.3 Å². The molecule has 0 bridgehead atoms. The monoisotopic (exact) mass is 313 g/mol. The quantitative estimate of drug-likeness (QED) is 0.880. The Morgan fingerprint density at radius 1 is 1.40 bits per heavy atom. The summed E-state index contributed by atoms with van der Waals surface area (Å²) in [5, 5.41) is 6.52. The molecule has 0 aliphatic rings. The van der Waals surface area contributed by atoms with Gasteiger partial charge < -0.3 is 9.84 Å².